The second-order valence-corrected chi connectivity index (χ2v) is 5.54. The highest BCUT2D eigenvalue weighted by atomic mass is 16.2. The molecule has 1 aliphatic carbocycles. The van der Waals surface area contributed by atoms with E-state index in [2.05, 4.69) is 24.4 Å². The Hall–Kier alpha value is -1.35. The van der Waals surface area contributed by atoms with Crippen LogP contribution in [-0.4, -0.2) is 11.9 Å². The molecule has 0 aliphatic heterocycles. The molecule has 0 spiro atoms. The van der Waals surface area contributed by atoms with Gasteiger partial charge in [-0.25, -0.2) is 0 Å². The summed E-state index contributed by atoms with van der Waals surface area (Å²) >= 11 is 0. The van der Waals surface area contributed by atoms with E-state index in [0.29, 0.717) is 0 Å². The summed E-state index contributed by atoms with van der Waals surface area (Å²) in [6.07, 6.45) is 6.04. The van der Waals surface area contributed by atoms with Gasteiger partial charge in [-0.2, -0.15) is 0 Å². The van der Waals surface area contributed by atoms with Gasteiger partial charge in [-0.05, 0) is 24.8 Å². The number of carbonyl (C=O) groups excluding carboxylic acids is 1. The van der Waals surface area contributed by atoms with Crippen molar-refractivity contribution in [2.45, 2.75) is 57.0 Å². The number of amides is 1. The monoisotopic (exact) mass is 260 g/mol. The summed E-state index contributed by atoms with van der Waals surface area (Å²) in [4.78, 5) is 12.2. The Labute approximate surface area is 115 Å². The topological polar surface area (TPSA) is 55.1 Å². The quantitative estimate of drug-likeness (QED) is 0.855. The average molecular weight is 260 g/mol. The first-order valence-corrected chi connectivity index (χ1v) is 7.31. The molecule has 1 aromatic rings. The van der Waals surface area contributed by atoms with Crippen LogP contribution < -0.4 is 11.1 Å². The fourth-order valence-electron chi connectivity index (χ4n) is 2.99. The van der Waals surface area contributed by atoms with Gasteiger partial charge in [-0.1, -0.05) is 56.5 Å². The maximum atomic E-state index is 12.2. The van der Waals surface area contributed by atoms with E-state index in [0.717, 1.165) is 38.5 Å². The molecule has 19 heavy (non-hydrogen) atoms. The predicted molar refractivity (Wildman–Crippen MR) is 77.6 cm³/mol. The van der Waals surface area contributed by atoms with Gasteiger partial charge in [0.25, 0.3) is 0 Å². The molecule has 1 atom stereocenters. The minimum absolute atomic E-state index is 0.00685. The van der Waals surface area contributed by atoms with E-state index < -0.39 is 0 Å². The SMILES string of the molecule is CCCC(N)C(=O)NC1(c2ccccc2)CCCC1. The largest absolute Gasteiger partial charge is 0.345 e. The normalized spacial score (nSPS) is 19.1. The second-order valence-electron chi connectivity index (χ2n) is 5.54. The smallest absolute Gasteiger partial charge is 0.237 e. The first-order valence-electron chi connectivity index (χ1n) is 7.31. The van der Waals surface area contributed by atoms with Crippen LogP contribution in [-0.2, 0) is 10.3 Å². The van der Waals surface area contributed by atoms with Gasteiger partial charge in [-0.3, -0.25) is 4.79 Å². The van der Waals surface area contributed by atoms with Gasteiger partial charge in [-0.15, -0.1) is 0 Å². The van der Waals surface area contributed by atoms with Gasteiger partial charge < -0.3 is 11.1 Å². The fraction of sp³-hybridized carbons (Fsp3) is 0.562. The first-order chi connectivity index (χ1) is 9.18. The van der Waals surface area contributed by atoms with Crippen molar-refractivity contribution in [2.75, 3.05) is 0 Å². The minimum atomic E-state index is -0.383. The lowest BCUT2D eigenvalue weighted by molar-refractivity contribution is -0.124. The summed E-state index contributed by atoms with van der Waals surface area (Å²) in [6, 6.07) is 9.91. The standard InChI is InChI=1S/C16H24N2O/c1-2-8-14(17)15(19)18-16(11-6-7-12-16)13-9-4-3-5-10-13/h3-5,9-10,14H,2,6-8,11-12,17H2,1H3,(H,18,19). The molecule has 1 aliphatic rings. The van der Waals surface area contributed by atoms with Gasteiger partial charge in [0.2, 0.25) is 5.91 Å². The van der Waals surface area contributed by atoms with Crippen LogP contribution in [0.1, 0.15) is 51.0 Å². The third-order valence-corrected chi connectivity index (χ3v) is 4.08. The molecule has 1 fully saturated rings. The number of carbonyl (C=O) groups is 1. The number of nitrogens with one attached hydrogen (secondary N) is 1. The first kappa shape index (κ1) is 14.1. The maximum absolute atomic E-state index is 12.2. The molecule has 0 saturated heterocycles. The van der Waals surface area contributed by atoms with E-state index in [1.807, 2.05) is 18.2 Å². The van der Waals surface area contributed by atoms with Crippen LogP contribution >= 0.6 is 0 Å². The summed E-state index contributed by atoms with van der Waals surface area (Å²) in [5.74, 6) is -0.00685. The van der Waals surface area contributed by atoms with Crippen molar-refractivity contribution in [3.8, 4) is 0 Å². The van der Waals surface area contributed by atoms with Crippen molar-refractivity contribution in [3.05, 3.63) is 35.9 Å². The van der Waals surface area contributed by atoms with Crippen molar-refractivity contribution in [3.63, 3.8) is 0 Å². The Morgan fingerprint density at radius 3 is 2.53 bits per heavy atom. The lowest BCUT2D eigenvalue weighted by atomic mass is 9.87. The maximum Gasteiger partial charge on any atom is 0.237 e. The molecule has 1 aromatic carbocycles. The van der Waals surface area contributed by atoms with Gasteiger partial charge >= 0.3 is 0 Å². The Kier molecular flexibility index (Phi) is 4.59. The van der Waals surface area contributed by atoms with E-state index in [1.165, 1.54) is 5.56 Å². The number of hydrogen-bond acceptors (Lipinski definition) is 2. The van der Waals surface area contributed by atoms with Crippen LogP contribution in [0.25, 0.3) is 0 Å². The van der Waals surface area contributed by atoms with Crippen LogP contribution in [0.2, 0.25) is 0 Å². The number of hydrogen-bond donors (Lipinski definition) is 2. The molecule has 2 rings (SSSR count). The third-order valence-electron chi connectivity index (χ3n) is 4.08. The predicted octanol–water partition coefficient (Wildman–Crippen LogP) is 2.70. The van der Waals surface area contributed by atoms with E-state index in [1.54, 1.807) is 0 Å². The highest BCUT2D eigenvalue weighted by Crippen LogP contribution is 2.38. The highest BCUT2D eigenvalue weighted by Gasteiger charge is 2.37. The van der Waals surface area contributed by atoms with Gasteiger partial charge in [0.1, 0.15) is 0 Å². The van der Waals surface area contributed by atoms with E-state index in [-0.39, 0.29) is 17.5 Å². The molecule has 0 aromatic heterocycles. The molecule has 104 valence electrons. The minimum Gasteiger partial charge on any atom is -0.345 e. The molecular formula is C16H24N2O. The average Bonchev–Trinajstić information content (AvgIpc) is 2.90. The zero-order valence-corrected chi connectivity index (χ0v) is 11.7. The zero-order chi connectivity index (χ0) is 13.7. The van der Waals surface area contributed by atoms with Crippen molar-refractivity contribution < 1.29 is 4.79 Å². The summed E-state index contributed by atoms with van der Waals surface area (Å²) in [6.45, 7) is 2.05. The molecule has 0 heterocycles. The van der Waals surface area contributed by atoms with Crippen molar-refractivity contribution in [2.24, 2.45) is 5.73 Å². The van der Waals surface area contributed by atoms with Gasteiger partial charge in [0.05, 0.1) is 11.6 Å². The van der Waals surface area contributed by atoms with Crippen LogP contribution in [0.5, 0.6) is 0 Å². The molecule has 3 nitrogen and oxygen atoms in total. The summed E-state index contributed by atoms with van der Waals surface area (Å²) in [7, 11) is 0. The van der Waals surface area contributed by atoms with Crippen molar-refractivity contribution >= 4 is 5.91 Å². The summed E-state index contributed by atoms with van der Waals surface area (Å²) < 4.78 is 0. The summed E-state index contributed by atoms with van der Waals surface area (Å²) in [5.41, 5.74) is 6.95. The van der Waals surface area contributed by atoms with Crippen molar-refractivity contribution in [1.29, 1.82) is 0 Å². The van der Waals surface area contributed by atoms with Crippen molar-refractivity contribution in [1.82, 2.24) is 5.32 Å². The molecule has 1 amide bonds. The molecule has 0 bridgehead atoms. The van der Waals surface area contributed by atoms with E-state index >= 15 is 0 Å². The number of rotatable bonds is 5. The van der Waals surface area contributed by atoms with E-state index in [9.17, 15) is 4.79 Å². The van der Waals surface area contributed by atoms with Crippen LogP contribution in [0.4, 0.5) is 0 Å². The van der Waals surface area contributed by atoms with E-state index in [4.69, 9.17) is 5.73 Å². The van der Waals surface area contributed by atoms with Crippen LogP contribution in [0, 0.1) is 0 Å². The van der Waals surface area contributed by atoms with Gasteiger partial charge in [0.15, 0.2) is 0 Å². The lowest BCUT2D eigenvalue weighted by Gasteiger charge is -2.32. The third kappa shape index (κ3) is 3.16. The summed E-state index contributed by atoms with van der Waals surface area (Å²) in [5, 5.41) is 3.23. The van der Waals surface area contributed by atoms with Gasteiger partial charge in [0, 0.05) is 0 Å². The molecule has 3 heteroatoms. The zero-order valence-electron chi connectivity index (χ0n) is 11.7. The fourth-order valence-corrected chi connectivity index (χ4v) is 2.99. The highest BCUT2D eigenvalue weighted by molar-refractivity contribution is 5.82. The Morgan fingerprint density at radius 2 is 1.95 bits per heavy atom. The number of benzene rings is 1. The number of nitrogens with two attached hydrogens (primary N) is 1. The molecular weight excluding hydrogens is 236 g/mol. The second kappa shape index (κ2) is 6.20. The molecule has 1 unspecified atom stereocenters. The molecule has 1 saturated carbocycles. The Bertz CT molecular complexity index is 410. The van der Waals surface area contributed by atoms with Crippen LogP contribution in [0.15, 0.2) is 30.3 Å². The lowest BCUT2D eigenvalue weighted by Crippen LogP contribution is -2.50. The Balaban J connectivity index is 2.15. The molecule has 3 N–H and O–H groups in total. The molecule has 0 radical (unpaired) electrons. The van der Waals surface area contributed by atoms with Crippen LogP contribution in [0.3, 0.4) is 0 Å². The Morgan fingerprint density at radius 1 is 1.32 bits per heavy atom.